The van der Waals surface area contributed by atoms with Crippen LogP contribution in [0.25, 0.3) is 0 Å². The molecule has 22 heavy (non-hydrogen) atoms. The lowest BCUT2D eigenvalue weighted by Gasteiger charge is -2.38. The van der Waals surface area contributed by atoms with Crippen LogP contribution < -0.4 is 23.5 Å². The maximum Gasteiger partial charge on any atom is 0.277 e. The second kappa shape index (κ2) is 5.61. The van der Waals surface area contributed by atoms with E-state index < -0.39 is 14.9 Å². The molecule has 2 unspecified atom stereocenters. The first kappa shape index (κ1) is 15.9. The molecular formula is C14H21ClN3O4+. The van der Waals surface area contributed by atoms with E-state index in [2.05, 4.69) is 4.90 Å². The number of para-hydroxylation sites is 2. The van der Waals surface area contributed by atoms with E-state index in [9.17, 15) is 14.0 Å². The van der Waals surface area contributed by atoms with Crippen molar-refractivity contribution in [2.45, 2.75) is 25.6 Å². The fraction of sp³-hybridized carbons (Fsp3) is 0.571. The number of quaternary nitrogens is 1. The highest BCUT2D eigenvalue weighted by atomic mass is 35.7. The zero-order valence-corrected chi connectivity index (χ0v) is 13.5. The number of likely N-dealkylation sites (tertiary alicyclic amines) is 1. The Morgan fingerprint density at radius 3 is 2.41 bits per heavy atom. The summed E-state index contributed by atoms with van der Waals surface area (Å²) in [5.41, 5.74) is 1.55. The Labute approximate surface area is 132 Å². The second-order valence-corrected chi connectivity index (χ2v) is 6.87. The van der Waals surface area contributed by atoms with Gasteiger partial charge in [0.05, 0.1) is 0 Å². The first-order valence-corrected chi connectivity index (χ1v) is 8.61. The molecule has 2 aliphatic rings. The van der Waals surface area contributed by atoms with Crippen LogP contribution in [0, 0.1) is 10.2 Å². The summed E-state index contributed by atoms with van der Waals surface area (Å²) < 4.78 is 38.4. The normalized spacial score (nSPS) is 29.7. The molecule has 2 atom stereocenters. The lowest BCUT2D eigenvalue weighted by Crippen LogP contribution is -2.73. The predicted octanol–water partition coefficient (Wildman–Crippen LogP) is -1.33. The van der Waals surface area contributed by atoms with Gasteiger partial charge in [0.15, 0.2) is 0 Å². The zero-order chi connectivity index (χ0) is 16.0. The van der Waals surface area contributed by atoms with Crippen LogP contribution in [0.4, 0.5) is 11.4 Å². The smallest absolute Gasteiger partial charge is 0.277 e. The molecular weight excluding hydrogens is 310 g/mol. The minimum atomic E-state index is -4.54. The van der Waals surface area contributed by atoms with Gasteiger partial charge in [0.2, 0.25) is 5.69 Å². The van der Waals surface area contributed by atoms with E-state index in [4.69, 9.17) is 4.39 Å². The summed E-state index contributed by atoms with van der Waals surface area (Å²) in [7, 11) is -1.01. The summed E-state index contributed by atoms with van der Waals surface area (Å²) in [6.07, 6.45) is 2.92. The molecule has 1 saturated heterocycles. The summed E-state index contributed by atoms with van der Waals surface area (Å²) in [5.74, 6) is 0. The number of hydrogen-bond donors (Lipinski definition) is 0. The van der Waals surface area contributed by atoms with Gasteiger partial charge in [-0.3, -0.25) is 0 Å². The average molecular weight is 331 g/mol. The molecule has 7 nitrogen and oxygen atoms in total. The van der Waals surface area contributed by atoms with Gasteiger partial charge in [0, 0.05) is 30.8 Å². The average Bonchev–Trinajstić information content (AvgIpc) is 2.67. The van der Waals surface area contributed by atoms with Crippen molar-refractivity contribution < 1.29 is 28.6 Å². The van der Waals surface area contributed by atoms with Gasteiger partial charge in [0.25, 0.3) is 10.7 Å². The molecule has 0 bridgehead atoms. The highest BCUT2D eigenvalue weighted by Gasteiger charge is 2.61. The van der Waals surface area contributed by atoms with Crippen LogP contribution in [0.1, 0.15) is 19.3 Å². The molecule has 3 rings (SSSR count). The molecule has 1 fully saturated rings. The van der Waals surface area contributed by atoms with Crippen LogP contribution in [0.3, 0.4) is 0 Å². The van der Waals surface area contributed by atoms with E-state index in [1.165, 1.54) is 6.42 Å². The third-order valence-electron chi connectivity index (χ3n) is 4.47. The van der Waals surface area contributed by atoms with Crippen molar-refractivity contribution in [2.24, 2.45) is 0 Å². The van der Waals surface area contributed by atoms with Gasteiger partial charge in [-0.1, -0.05) is 18.6 Å². The molecule has 122 valence electrons. The molecule has 0 aliphatic carbocycles. The van der Waals surface area contributed by atoms with E-state index in [0.717, 1.165) is 31.6 Å². The quantitative estimate of drug-likeness (QED) is 0.639. The number of piperidine rings is 1. The minimum absolute atomic E-state index is 0.367. The Bertz CT molecular complexity index is 547. The SMILES string of the molecule is CN1c2ccccc2[N+](C)(O[Cl+3]([O-])([O-])[O-])C1N1CCCCC1. The monoisotopic (exact) mass is 330 g/mol. The lowest BCUT2D eigenvalue weighted by molar-refractivity contribution is -1.92. The van der Waals surface area contributed by atoms with Gasteiger partial charge in [-0.05, 0) is 18.9 Å². The fourth-order valence-corrected chi connectivity index (χ4v) is 4.17. The Balaban J connectivity index is 2.03. The summed E-state index contributed by atoms with van der Waals surface area (Å²) in [6.45, 7) is 1.71. The molecule has 0 N–H and O–H groups in total. The topological polar surface area (TPSA) is 84.9 Å². The Morgan fingerprint density at radius 1 is 1.14 bits per heavy atom. The van der Waals surface area contributed by atoms with Crippen molar-refractivity contribution in [1.29, 1.82) is 0 Å². The highest BCUT2D eigenvalue weighted by molar-refractivity contribution is 5.73. The van der Waals surface area contributed by atoms with Gasteiger partial charge >= 0.3 is 0 Å². The third kappa shape index (κ3) is 2.69. The van der Waals surface area contributed by atoms with Crippen molar-refractivity contribution >= 4 is 11.4 Å². The number of fused-ring (bicyclic) bond motifs is 1. The first-order chi connectivity index (χ1) is 10.3. The Kier molecular flexibility index (Phi) is 4.07. The maximum atomic E-state index is 11.3. The Morgan fingerprint density at radius 2 is 1.77 bits per heavy atom. The molecule has 0 radical (unpaired) electrons. The molecule has 1 aromatic rings. The number of hydroxylamine groups is 2. The lowest BCUT2D eigenvalue weighted by atomic mass is 10.1. The number of benzene rings is 1. The molecule has 8 heteroatoms. The number of halogens is 1. The predicted molar refractivity (Wildman–Crippen MR) is 72.9 cm³/mol. The van der Waals surface area contributed by atoms with Crippen molar-refractivity contribution in [3.8, 4) is 0 Å². The highest BCUT2D eigenvalue weighted by Crippen LogP contribution is 2.45. The zero-order valence-electron chi connectivity index (χ0n) is 12.8. The van der Waals surface area contributed by atoms with Crippen LogP contribution in [0.2, 0.25) is 0 Å². The van der Waals surface area contributed by atoms with E-state index in [-0.39, 0.29) is 6.29 Å². The Hall–Kier alpha value is -0.930. The molecule has 2 heterocycles. The fourth-order valence-electron chi connectivity index (χ4n) is 3.67. The van der Waals surface area contributed by atoms with Crippen LogP contribution in [-0.2, 0) is 4.39 Å². The molecule has 0 saturated carbocycles. The van der Waals surface area contributed by atoms with Gasteiger partial charge < -0.3 is 4.90 Å². The standard InChI is InChI=1S/C14H21ClN3O4/c1-16-12-8-4-5-9-13(12)18(2,22-15(19,20)21)14(16)17-10-6-3-7-11-17/h4-5,8-9,14H,3,6-7,10-11H2,1-2H3/q+1. The van der Waals surface area contributed by atoms with Gasteiger partial charge in [-0.15, -0.1) is 0 Å². The summed E-state index contributed by atoms with van der Waals surface area (Å²) >= 11 is 0. The molecule has 0 spiro atoms. The van der Waals surface area contributed by atoms with Crippen LogP contribution in [0.15, 0.2) is 24.3 Å². The van der Waals surface area contributed by atoms with Gasteiger partial charge in [0.1, 0.15) is 23.0 Å². The maximum absolute atomic E-state index is 11.3. The molecule has 1 aromatic carbocycles. The second-order valence-electron chi connectivity index (χ2n) is 5.98. The summed E-state index contributed by atoms with van der Waals surface area (Å²) in [4.78, 5) is 4.17. The molecule has 0 aromatic heterocycles. The number of nitrogens with zero attached hydrogens (tertiary/aromatic N) is 3. The van der Waals surface area contributed by atoms with Gasteiger partial charge in [-0.2, -0.15) is 14.0 Å². The molecule has 2 aliphatic heterocycles. The van der Waals surface area contributed by atoms with E-state index in [1.807, 2.05) is 30.1 Å². The van der Waals surface area contributed by atoms with Crippen molar-refractivity contribution in [3.63, 3.8) is 0 Å². The van der Waals surface area contributed by atoms with E-state index >= 15 is 0 Å². The van der Waals surface area contributed by atoms with E-state index in [0.29, 0.717) is 5.69 Å². The largest absolute Gasteiger partial charge is 0.304 e. The molecule has 0 amide bonds. The van der Waals surface area contributed by atoms with Crippen molar-refractivity contribution in [1.82, 2.24) is 9.55 Å². The van der Waals surface area contributed by atoms with Crippen molar-refractivity contribution in [2.75, 3.05) is 32.1 Å². The number of rotatable bonds is 3. The first-order valence-electron chi connectivity index (χ1n) is 7.38. The number of anilines is 1. The van der Waals surface area contributed by atoms with Gasteiger partial charge in [-0.25, -0.2) is 4.90 Å². The summed E-state index contributed by atoms with van der Waals surface area (Å²) in [5, 5.41) is 0. The third-order valence-corrected chi connectivity index (χ3v) is 4.93. The number of hydrogen-bond acceptors (Lipinski definition) is 6. The summed E-state index contributed by atoms with van der Waals surface area (Å²) in [6, 6.07) is 7.42. The van der Waals surface area contributed by atoms with Crippen molar-refractivity contribution in [3.05, 3.63) is 24.3 Å². The van der Waals surface area contributed by atoms with Crippen LogP contribution >= 0.6 is 0 Å². The van der Waals surface area contributed by atoms with Crippen LogP contribution in [0.5, 0.6) is 0 Å². The minimum Gasteiger partial charge on any atom is -0.304 e. The van der Waals surface area contributed by atoms with Crippen LogP contribution in [-0.4, -0.2) is 38.4 Å². The van der Waals surface area contributed by atoms with E-state index in [1.54, 1.807) is 13.1 Å².